The predicted octanol–water partition coefficient (Wildman–Crippen LogP) is 3.47. The summed E-state index contributed by atoms with van der Waals surface area (Å²) in [7, 11) is 1.87. The number of likely N-dealkylation sites (tertiary alicyclic amines) is 1. The van der Waals surface area contributed by atoms with Gasteiger partial charge in [0, 0.05) is 20.1 Å². The van der Waals surface area contributed by atoms with Crippen LogP contribution in [0.3, 0.4) is 0 Å². The summed E-state index contributed by atoms with van der Waals surface area (Å²) in [5, 5.41) is 6.92. The summed E-state index contributed by atoms with van der Waals surface area (Å²) in [5.41, 5.74) is 0. The molecule has 1 aliphatic heterocycles. The molecule has 0 aromatic rings. The Hall–Kier alpha value is -0.0400. The van der Waals surface area contributed by atoms with Gasteiger partial charge in [0.05, 0.1) is 0 Å². The number of nitrogens with zero attached hydrogens (tertiary/aromatic N) is 2. The molecule has 0 saturated carbocycles. The van der Waals surface area contributed by atoms with Crippen molar-refractivity contribution in [1.29, 1.82) is 0 Å². The van der Waals surface area contributed by atoms with Crippen LogP contribution >= 0.6 is 24.0 Å². The van der Waals surface area contributed by atoms with Crippen LogP contribution in [0.1, 0.15) is 58.8 Å². The van der Waals surface area contributed by atoms with E-state index in [1.807, 2.05) is 7.05 Å². The molecule has 5 heteroatoms. The van der Waals surface area contributed by atoms with Crippen LogP contribution in [-0.2, 0) is 0 Å². The maximum Gasteiger partial charge on any atom is 0.190 e. The summed E-state index contributed by atoms with van der Waals surface area (Å²) < 4.78 is 0. The van der Waals surface area contributed by atoms with E-state index in [4.69, 9.17) is 0 Å². The normalized spacial score (nSPS) is 17.1. The van der Waals surface area contributed by atoms with Crippen LogP contribution in [0.2, 0.25) is 0 Å². The summed E-state index contributed by atoms with van der Waals surface area (Å²) in [6, 6.07) is 0. The Bertz CT molecular complexity index is 276. The van der Waals surface area contributed by atoms with E-state index in [0.29, 0.717) is 0 Å². The van der Waals surface area contributed by atoms with Gasteiger partial charge in [-0.15, -0.1) is 24.0 Å². The van der Waals surface area contributed by atoms with Gasteiger partial charge in [0.15, 0.2) is 5.96 Å². The predicted molar refractivity (Wildman–Crippen MR) is 108 cm³/mol. The first-order valence-electron chi connectivity index (χ1n) is 8.97. The Morgan fingerprint density at radius 1 is 1.05 bits per heavy atom. The highest BCUT2D eigenvalue weighted by atomic mass is 127. The zero-order chi connectivity index (χ0) is 15.3. The highest BCUT2D eigenvalue weighted by Crippen LogP contribution is 2.16. The largest absolute Gasteiger partial charge is 0.356 e. The van der Waals surface area contributed by atoms with Crippen LogP contribution < -0.4 is 10.6 Å². The summed E-state index contributed by atoms with van der Waals surface area (Å²) in [6.45, 7) is 10.4. The fourth-order valence-corrected chi connectivity index (χ4v) is 2.95. The summed E-state index contributed by atoms with van der Waals surface area (Å²) in [5.74, 6) is 1.78. The molecule has 2 N–H and O–H groups in total. The molecule has 0 radical (unpaired) electrons. The quantitative estimate of drug-likeness (QED) is 0.258. The number of halogens is 1. The number of guanidine groups is 1. The fraction of sp³-hybridized carbons (Fsp3) is 0.941. The number of nitrogens with one attached hydrogen (secondary N) is 2. The lowest BCUT2D eigenvalue weighted by molar-refractivity contribution is 0.185. The van der Waals surface area contributed by atoms with E-state index in [-0.39, 0.29) is 24.0 Å². The SMILES string of the molecule is CCCCCCNC(=NC)NCC1CCN(CCC)CC1.I. The van der Waals surface area contributed by atoms with Gasteiger partial charge in [-0.2, -0.15) is 0 Å². The van der Waals surface area contributed by atoms with E-state index < -0.39 is 0 Å². The van der Waals surface area contributed by atoms with Crippen molar-refractivity contribution < 1.29 is 0 Å². The Morgan fingerprint density at radius 2 is 1.77 bits per heavy atom. The van der Waals surface area contributed by atoms with Crippen molar-refractivity contribution in [2.45, 2.75) is 58.8 Å². The second-order valence-corrected chi connectivity index (χ2v) is 6.23. The maximum absolute atomic E-state index is 4.32. The molecule has 0 unspecified atom stereocenters. The molecular weight excluding hydrogens is 387 g/mol. The van der Waals surface area contributed by atoms with Crippen molar-refractivity contribution in [3.05, 3.63) is 0 Å². The lowest BCUT2D eigenvalue weighted by Crippen LogP contribution is -2.43. The molecule has 1 heterocycles. The first-order valence-corrected chi connectivity index (χ1v) is 8.97. The molecule has 1 aliphatic rings. The van der Waals surface area contributed by atoms with Gasteiger partial charge in [0.25, 0.3) is 0 Å². The van der Waals surface area contributed by atoms with Gasteiger partial charge < -0.3 is 15.5 Å². The third kappa shape index (κ3) is 9.87. The van der Waals surface area contributed by atoms with E-state index in [1.165, 1.54) is 64.6 Å². The number of hydrogen-bond acceptors (Lipinski definition) is 2. The molecule has 1 rings (SSSR count). The van der Waals surface area contributed by atoms with E-state index in [9.17, 15) is 0 Å². The molecule has 0 amide bonds. The van der Waals surface area contributed by atoms with Crippen molar-refractivity contribution in [2.75, 3.05) is 39.8 Å². The maximum atomic E-state index is 4.32. The van der Waals surface area contributed by atoms with Gasteiger partial charge in [-0.3, -0.25) is 4.99 Å². The van der Waals surface area contributed by atoms with Crippen molar-refractivity contribution in [3.63, 3.8) is 0 Å². The van der Waals surface area contributed by atoms with Crippen LogP contribution in [0.15, 0.2) is 4.99 Å². The number of hydrogen-bond donors (Lipinski definition) is 2. The molecule has 0 aromatic carbocycles. The number of piperidine rings is 1. The number of unbranched alkanes of at least 4 members (excludes halogenated alkanes) is 3. The van der Waals surface area contributed by atoms with Crippen molar-refractivity contribution in [1.82, 2.24) is 15.5 Å². The van der Waals surface area contributed by atoms with Crippen LogP contribution in [0.5, 0.6) is 0 Å². The summed E-state index contributed by atoms with van der Waals surface area (Å²) >= 11 is 0. The van der Waals surface area contributed by atoms with Gasteiger partial charge >= 0.3 is 0 Å². The van der Waals surface area contributed by atoms with E-state index >= 15 is 0 Å². The van der Waals surface area contributed by atoms with E-state index in [1.54, 1.807) is 0 Å². The van der Waals surface area contributed by atoms with Crippen molar-refractivity contribution in [2.24, 2.45) is 10.9 Å². The summed E-state index contributed by atoms with van der Waals surface area (Å²) in [6.07, 6.45) is 9.10. The minimum absolute atomic E-state index is 0. The van der Waals surface area contributed by atoms with Crippen LogP contribution in [0.25, 0.3) is 0 Å². The monoisotopic (exact) mass is 424 g/mol. The number of rotatable bonds is 9. The highest BCUT2D eigenvalue weighted by Gasteiger charge is 2.18. The van der Waals surface area contributed by atoms with Crippen LogP contribution in [-0.4, -0.2) is 50.6 Å². The standard InChI is InChI=1S/C17H36N4.HI/c1-4-6-7-8-11-19-17(18-3)20-15-16-9-13-21(12-5-2)14-10-16;/h16H,4-15H2,1-3H3,(H2,18,19,20);1H. The van der Waals surface area contributed by atoms with Gasteiger partial charge in [-0.05, 0) is 51.2 Å². The minimum Gasteiger partial charge on any atom is -0.356 e. The Balaban J connectivity index is 0.00000441. The molecule has 22 heavy (non-hydrogen) atoms. The van der Waals surface area contributed by atoms with Crippen LogP contribution in [0.4, 0.5) is 0 Å². The summed E-state index contributed by atoms with van der Waals surface area (Å²) in [4.78, 5) is 6.91. The van der Waals surface area contributed by atoms with E-state index in [0.717, 1.165) is 25.0 Å². The van der Waals surface area contributed by atoms with Crippen LogP contribution in [0, 0.1) is 5.92 Å². The molecule has 0 spiro atoms. The average Bonchev–Trinajstić information content (AvgIpc) is 2.52. The topological polar surface area (TPSA) is 39.7 Å². The lowest BCUT2D eigenvalue weighted by atomic mass is 9.97. The second kappa shape index (κ2) is 14.5. The molecule has 1 fully saturated rings. The smallest absolute Gasteiger partial charge is 0.190 e. The lowest BCUT2D eigenvalue weighted by Gasteiger charge is -2.32. The zero-order valence-corrected chi connectivity index (χ0v) is 17.2. The Morgan fingerprint density at radius 3 is 2.36 bits per heavy atom. The Labute approximate surface area is 154 Å². The average molecular weight is 424 g/mol. The van der Waals surface area contributed by atoms with E-state index in [2.05, 4.69) is 34.4 Å². The molecule has 0 aliphatic carbocycles. The zero-order valence-electron chi connectivity index (χ0n) is 14.9. The van der Waals surface area contributed by atoms with Crippen molar-refractivity contribution >= 4 is 29.9 Å². The molecule has 0 atom stereocenters. The molecular formula is C17H37IN4. The molecule has 0 aromatic heterocycles. The first kappa shape index (κ1) is 22.0. The minimum atomic E-state index is 0. The fourth-order valence-electron chi connectivity index (χ4n) is 2.95. The van der Waals surface area contributed by atoms with Gasteiger partial charge in [-0.25, -0.2) is 0 Å². The van der Waals surface area contributed by atoms with Gasteiger partial charge in [-0.1, -0.05) is 33.1 Å². The third-order valence-electron chi connectivity index (χ3n) is 4.35. The third-order valence-corrected chi connectivity index (χ3v) is 4.35. The van der Waals surface area contributed by atoms with Gasteiger partial charge in [0.1, 0.15) is 0 Å². The van der Waals surface area contributed by atoms with Crippen molar-refractivity contribution in [3.8, 4) is 0 Å². The number of aliphatic imine (C=N–C) groups is 1. The highest BCUT2D eigenvalue weighted by molar-refractivity contribution is 14.0. The Kier molecular flexibility index (Phi) is 14.5. The molecule has 4 nitrogen and oxygen atoms in total. The second-order valence-electron chi connectivity index (χ2n) is 6.23. The van der Waals surface area contributed by atoms with Gasteiger partial charge in [0.2, 0.25) is 0 Å². The molecule has 1 saturated heterocycles. The molecule has 132 valence electrons. The molecule has 0 bridgehead atoms. The first-order chi connectivity index (χ1) is 10.3.